The maximum Gasteiger partial charge on any atom is 0.247 e. The zero-order valence-corrected chi connectivity index (χ0v) is 19.6. The summed E-state index contributed by atoms with van der Waals surface area (Å²) in [5.41, 5.74) is 1.64. The van der Waals surface area contributed by atoms with Crippen LogP contribution in [0.3, 0.4) is 0 Å². The van der Waals surface area contributed by atoms with Gasteiger partial charge in [-0.1, -0.05) is 66.7 Å². The van der Waals surface area contributed by atoms with E-state index in [0.717, 1.165) is 5.56 Å². The number of aromatic hydroxyl groups is 2. The summed E-state index contributed by atoms with van der Waals surface area (Å²) < 4.78 is 0. The van der Waals surface area contributed by atoms with E-state index in [1.165, 1.54) is 23.1 Å². The minimum Gasteiger partial charge on any atom is -0.504 e. The molecule has 3 N–H and O–H groups in total. The number of benzene rings is 3. The Morgan fingerprint density at radius 2 is 1.53 bits per heavy atom. The van der Waals surface area contributed by atoms with Gasteiger partial charge in [-0.05, 0) is 55.7 Å². The molecule has 3 aromatic rings. The fraction of sp³-hybridized carbons (Fsp3) is 0.214. The average Bonchev–Trinajstić information content (AvgIpc) is 2.79. The number of hydrogen-bond acceptors (Lipinski definition) is 4. The van der Waals surface area contributed by atoms with Gasteiger partial charge in [-0.15, -0.1) is 0 Å². The second-order valence-corrected chi connectivity index (χ2v) is 9.09. The summed E-state index contributed by atoms with van der Waals surface area (Å²) in [6, 6.07) is 22.1. The molecule has 34 heavy (non-hydrogen) atoms. The van der Waals surface area contributed by atoms with E-state index in [0.29, 0.717) is 11.1 Å². The molecule has 6 nitrogen and oxygen atoms in total. The van der Waals surface area contributed by atoms with Crippen LogP contribution in [0, 0.1) is 0 Å². The Kier molecular flexibility index (Phi) is 7.74. The molecule has 1 atom stereocenters. The number of carbonyl (C=O) groups excluding carboxylic acids is 2. The van der Waals surface area contributed by atoms with Crippen LogP contribution in [0.1, 0.15) is 43.5 Å². The molecule has 0 heterocycles. The zero-order chi connectivity index (χ0) is 24.7. The molecule has 3 aromatic carbocycles. The molecule has 0 aliphatic heterocycles. The van der Waals surface area contributed by atoms with Gasteiger partial charge >= 0.3 is 0 Å². The fourth-order valence-corrected chi connectivity index (χ4v) is 3.53. The molecule has 0 aliphatic rings. The highest BCUT2D eigenvalue weighted by molar-refractivity contribution is 5.96. The average molecular weight is 459 g/mol. The molecule has 3 rings (SSSR count). The van der Waals surface area contributed by atoms with E-state index in [2.05, 4.69) is 5.32 Å². The Bertz CT molecular complexity index is 1150. The van der Waals surface area contributed by atoms with Crippen LogP contribution in [-0.2, 0) is 16.1 Å². The predicted octanol–water partition coefficient (Wildman–Crippen LogP) is 4.80. The summed E-state index contributed by atoms with van der Waals surface area (Å²) in [5, 5.41) is 22.3. The Morgan fingerprint density at radius 3 is 2.12 bits per heavy atom. The maximum atomic E-state index is 13.5. The first kappa shape index (κ1) is 24.6. The molecule has 2 amide bonds. The molecule has 176 valence electrons. The summed E-state index contributed by atoms with van der Waals surface area (Å²) in [6.45, 7) is 5.91. The topological polar surface area (TPSA) is 89.9 Å². The van der Waals surface area contributed by atoms with Crippen molar-refractivity contribution in [2.45, 2.75) is 38.9 Å². The van der Waals surface area contributed by atoms with Crippen LogP contribution in [0.25, 0.3) is 6.08 Å². The van der Waals surface area contributed by atoms with Crippen LogP contribution in [0.5, 0.6) is 11.5 Å². The highest BCUT2D eigenvalue weighted by atomic mass is 16.3. The van der Waals surface area contributed by atoms with Crippen molar-refractivity contribution in [3.63, 3.8) is 0 Å². The van der Waals surface area contributed by atoms with Crippen molar-refractivity contribution in [2.24, 2.45) is 0 Å². The van der Waals surface area contributed by atoms with Gasteiger partial charge in [-0.25, -0.2) is 0 Å². The lowest BCUT2D eigenvalue weighted by Gasteiger charge is -2.33. The number of rotatable bonds is 7. The van der Waals surface area contributed by atoms with Crippen LogP contribution < -0.4 is 5.32 Å². The van der Waals surface area contributed by atoms with Crippen LogP contribution in [-0.4, -0.2) is 32.5 Å². The molecule has 0 radical (unpaired) electrons. The maximum absolute atomic E-state index is 13.5. The molecule has 0 unspecified atom stereocenters. The number of nitrogens with zero attached hydrogens (tertiary/aromatic N) is 1. The molecule has 0 bridgehead atoms. The van der Waals surface area contributed by atoms with E-state index in [-0.39, 0.29) is 29.9 Å². The number of phenolic OH excluding ortho intramolecular Hbond substituents is 2. The molecular formula is C28H30N2O4. The predicted molar refractivity (Wildman–Crippen MR) is 133 cm³/mol. The molecular weight excluding hydrogens is 428 g/mol. The van der Waals surface area contributed by atoms with Gasteiger partial charge in [0, 0.05) is 18.2 Å². The van der Waals surface area contributed by atoms with Gasteiger partial charge in [-0.2, -0.15) is 0 Å². The van der Waals surface area contributed by atoms with E-state index >= 15 is 0 Å². The number of hydrogen-bond donors (Lipinski definition) is 3. The van der Waals surface area contributed by atoms with E-state index in [9.17, 15) is 19.8 Å². The lowest BCUT2D eigenvalue weighted by Crippen LogP contribution is -2.48. The van der Waals surface area contributed by atoms with Crippen molar-refractivity contribution in [1.29, 1.82) is 0 Å². The van der Waals surface area contributed by atoms with E-state index in [4.69, 9.17) is 0 Å². The smallest absolute Gasteiger partial charge is 0.247 e. The van der Waals surface area contributed by atoms with Gasteiger partial charge in [0.2, 0.25) is 11.8 Å². The zero-order valence-electron chi connectivity index (χ0n) is 19.6. The molecule has 0 spiro atoms. The summed E-state index contributed by atoms with van der Waals surface area (Å²) in [5.74, 6) is -1.16. The minimum absolute atomic E-state index is 0.224. The van der Waals surface area contributed by atoms with Gasteiger partial charge in [-0.3, -0.25) is 9.59 Å². The molecule has 6 heteroatoms. The fourth-order valence-electron chi connectivity index (χ4n) is 3.53. The molecule has 0 saturated heterocycles. The van der Waals surface area contributed by atoms with E-state index in [1.807, 2.05) is 81.4 Å². The first-order chi connectivity index (χ1) is 16.1. The number of amides is 2. The highest BCUT2D eigenvalue weighted by Crippen LogP contribution is 2.27. The first-order valence-corrected chi connectivity index (χ1v) is 11.1. The molecule has 0 aromatic heterocycles. The first-order valence-electron chi connectivity index (χ1n) is 11.1. The molecule has 0 saturated carbocycles. The van der Waals surface area contributed by atoms with E-state index < -0.39 is 11.6 Å². The third kappa shape index (κ3) is 6.72. The van der Waals surface area contributed by atoms with Crippen molar-refractivity contribution < 1.29 is 19.8 Å². The number of phenols is 2. The summed E-state index contributed by atoms with van der Waals surface area (Å²) in [4.78, 5) is 28.5. The third-order valence-corrected chi connectivity index (χ3v) is 5.07. The second-order valence-electron chi connectivity index (χ2n) is 9.09. The van der Waals surface area contributed by atoms with Crippen molar-refractivity contribution >= 4 is 17.9 Å². The van der Waals surface area contributed by atoms with Crippen molar-refractivity contribution in [3.05, 3.63) is 102 Å². The van der Waals surface area contributed by atoms with Crippen molar-refractivity contribution in [1.82, 2.24) is 10.2 Å². The normalized spacial score (nSPS) is 12.3. The molecule has 0 fully saturated rings. The van der Waals surface area contributed by atoms with E-state index in [1.54, 1.807) is 12.1 Å². The number of nitrogens with one attached hydrogen (secondary N) is 1. The Morgan fingerprint density at radius 1 is 0.912 bits per heavy atom. The Balaban J connectivity index is 2.01. The van der Waals surface area contributed by atoms with Crippen LogP contribution in [0.4, 0.5) is 0 Å². The summed E-state index contributed by atoms with van der Waals surface area (Å²) in [7, 11) is 0. The van der Waals surface area contributed by atoms with Gasteiger partial charge < -0.3 is 20.4 Å². The third-order valence-electron chi connectivity index (χ3n) is 5.07. The van der Waals surface area contributed by atoms with Gasteiger partial charge in [0.1, 0.15) is 6.04 Å². The standard InChI is InChI=1S/C28H30N2O4/c1-28(2,3)29-27(34)26(22-12-8-5-9-13-22)30(19-21-10-6-4-7-11-21)25(33)17-15-20-14-16-23(31)24(32)18-20/h4-18,26,31-32H,19H2,1-3H3,(H,29,34)/b17-15+/t26-/m0/s1. The van der Waals surface area contributed by atoms with Crippen LogP contribution >= 0.6 is 0 Å². The quantitative estimate of drug-likeness (QED) is 0.351. The van der Waals surface area contributed by atoms with Gasteiger partial charge in [0.15, 0.2) is 11.5 Å². The Labute approximate surface area is 200 Å². The summed E-state index contributed by atoms with van der Waals surface area (Å²) in [6.07, 6.45) is 2.91. The highest BCUT2D eigenvalue weighted by Gasteiger charge is 2.32. The largest absolute Gasteiger partial charge is 0.504 e. The van der Waals surface area contributed by atoms with Crippen LogP contribution in [0.2, 0.25) is 0 Å². The number of carbonyl (C=O) groups is 2. The SMILES string of the molecule is CC(C)(C)NC(=O)[C@H](c1ccccc1)N(Cc1ccccc1)C(=O)/C=C/c1ccc(O)c(O)c1. The van der Waals surface area contributed by atoms with Crippen molar-refractivity contribution in [3.8, 4) is 11.5 Å². The molecule has 0 aliphatic carbocycles. The lowest BCUT2D eigenvalue weighted by molar-refractivity contribution is -0.138. The monoisotopic (exact) mass is 458 g/mol. The van der Waals surface area contributed by atoms with Crippen LogP contribution in [0.15, 0.2) is 84.9 Å². The minimum atomic E-state index is -0.856. The van der Waals surface area contributed by atoms with Gasteiger partial charge in [0.05, 0.1) is 0 Å². The second kappa shape index (κ2) is 10.7. The van der Waals surface area contributed by atoms with Crippen molar-refractivity contribution in [2.75, 3.05) is 0 Å². The Hall–Kier alpha value is -4.06. The van der Waals surface area contributed by atoms with Gasteiger partial charge in [0.25, 0.3) is 0 Å². The summed E-state index contributed by atoms with van der Waals surface area (Å²) >= 11 is 0. The lowest BCUT2D eigenvalue weighted by atomic mass is 10.0.